The number of nitriles is 1. The van der Waals surface area contributed by atoms with Gasteiger partial charge in [-0.05, 0) is 74.7 Å². The Balaban J connectivity index is 1.75. The van der Waals surface area contributed by atoms with E-state index in [4.69, 9.17) is 5.26 Å². The number of benzene rings is 2. The molecule has 0 atom stereocenters. The number of piperidine rings is 1. The fourth-order valence-corrected chi connectivity index (χ4v) is 4.66. The molecule has 2 heterocycles. The summed E-state index contributed by atoms with van der Waals surface area (Å²) in [5, 5.41) is 10.0. The zero-order chi connectivity index (χ0) is 22.7. The number of hydrogen-bond donors (Lipinski definition) is 0. The summed E-state index contributed by atoms with van der Waals surface area (Å²) in [6, 6.07) is 19.2. The molecule has 0 bridgehead atoms. The van der Waals surface area contributed by atoms with Crippen LogP contribution in [0.15, 0.2) is 59.4 Å². The molecule has 1 aliphatic rings. The highest BCUT2D eigenvalue weighted by Crippen LogP contribution is 2.34. The fourth-order valence-electron chi connectivity index (χ4n) is 4.66. The van der Waals surface area contributed by atoms with E-state index < -0.39 is 0 Å². The third kappa shape index (κ3) is 4.17. The highest BCUT2D eigenvalue weighted by atomic mass is 16.2. The number of amides is 1. The third-order valence-corrected chi connectivity index (χ3v) is 6.48. The Bertz CT molecular complexity index is 1220. The molecule has 1 fully saturated rings. The van der Waals surface area contributed by atoms with Crippen LogP contribution in [-0.4, -0.2) is 42.1 Å². The van der Waals surface area contributed by atoms with Crippen LogP contribution in [0, 0.1) is 11.3 Å². The molecule has 0 aliphatic carbocycles. The van der Waals surface area contributed by atoms with Crippen molar-refractivity contribution >= 4 is 22.5 Å². The van der Waals surface area contributed by atoms with E-state index in [-0.39, 0.29) is 17.4 Å². The molecule has 6 nitrogen and oxygen atoms in total. The molecule has 6 heteroatoms. The topological polar surface area (TPSA) is 69.3 Å². The van der Waals surface area contributed by atoms with Gasteiger partial charge in [-0.2, -0.15) is 5.26 Å². The van der Waals surface area contributed by atoms with Gasteiger partial charge in [0.05, 0.1) is 18.1 Å². The monoisotopic (exact) mass is 428 g/mol. The van der Waals surface area contributed by atoms with Crippen LogP contribution in [0.3, 0.4) is 0 Å². The standard InChI is InChI=1S/C26H28N4O2/c1-3-30-24-10-9-21(28(2)26(32)20-7-5-4-6-8-20)17-23(24)22(18-25(30)31)19-11-14-29(15-12-19)16-13-27/h4-10,17-19H,3,11-12,14-16H2,1-2H3. The number of carbonyl (C=O) groups is 1. The van der Waals surface area contributed by atoms with E-state index in [1.807, 2.05) is 55.5 Å². The summed E-state index contributed by atoms with van der Waals surface area (Å²) in [5.41, 5.74) is 3.40. The molecule has 1 aromatic heterocycles. The molecular weight excluding hydrogens is 400 g/mol. The van der Waals surface area contributed by atoms with Crippen molar-refractivity contribution in [2.45, 2.75) is 32.2 Å². The second kappa shape index (κ2) is 9.37. The van der Waals surface area contributed by atoms with Crippen LogP contribution >= 0.6 is 0 Å². The largest absolute Gasteiger partial charge is 0.311 e. The van der Waals surface area contributed by atoms with Gasteiger partial charge < -0.3 is 9.47 Å². The highest BCUT2D eigenvalue weighted by Gasteiger charge is 2.24. The van der Waals surface area contributed by atoms with Gasteiger partial charge in [-0.1, -0.05) is 18.2 Å². The molecule has 1 aliphatic heterocycles. The molecule has 0 saturated carbocycles. The summed E-state index contributed by atoms with van der Waals surface area (Å²) in [6.45, 7) is 4.71. The van der Waals surface area contributed by atoms with E-state index in [9.17, 15) is 9.59 Å². The van der Waals surface area contributed by atoms with Crippen LogP contribution in [0.25, 0.3) is 10.9 Å². The SMILES string of the molecule is CCn1c(=O)cc(C2CCN(CC#N)CC2)c2cc(N(C)C(=O)c3ccccc3)ccc21. The molecule has 32 heavy (non-hydrogen) atoms. The third-order valence-electron chi connectivity index (χ3n) is 6.48. The van der Waals surface area contributed by atoms with Crippen molar-refractivity contribution in [2.75, 3.05) is 31.6 Å². The number of likely N-dealkylation sites (tertiary alicyclic amines) is 1. The van der Waals surface area contributed by atoms with Gasteiger partial charge in [-0.25, -0.2) is 0 Å². The maximum atomic E-state index is 13.0. The Morgan fingerprint density at radius 3 is 2.50 bits per heavy atom. The van der Waals surface area contributed by atoms with E-state index in [0.29, 0.717) is 18.7 Å². The summed E-state index contributed by atoms with van der Waals surface area (Å²) >= 11 is 0. The summed E-state index contributed by atoms with van der Waals surface area (Å²) in [5.74, 6) is 0.192. The second-order valence-corrected chi connectivity index (χ2v) is 8.32. The van der Waals surface area contributed by atoms with Crippen molar-refractivity contribution in [3.63, 3.8) is 0 Å². The predicted molar refractivity (Wildman–Crippen MR) is 127 cm³/mol. The van der Waals surface area contributed by atoms with Gasteiger partial charge in [-0.15, -0.1) is 0 Å². The van der Waals surface area contributed by atoms with Gasteiger partial charge in [0.1, 0.15) is 0 Å². The first kappa shape index (κ1) is 21.8. The Morgan fingerprint density at radius 2 is 1.84 bits per heavy atom. The number of aromatic nitrogens is 1. The van der Waals surface area contributed by atoms with Crippen LogP contribution in [0.4, 0.5) is 5.69 Å². The average molecular weight is 429 g/mol. The van der Waals surface area contributed by atoms with Crippen LogP contribution in [0.5, 0.6) is 0 Å². The number of aryl methyl sites for hydroxylation is 1. The smallest absolute Gasteiger partial charge is 0.258 e. The fraction of sp³-hybridized carbons (Fsp3) is 0.346. The second-order valence-electron chi connectivity index (χ2n) is 8.32. The molecule has 0 spiro atoms. The number of anilines is 1. The molecule has 1 saturated heterocycles. The molecule has 0 radical (unpaired) electrons. The molecule has 0 N–H and O–H groups in total. The first-order valence-corrected chi connectivity index (χ1v) is 11.1. The van der Waals surface area contributed by atoms with Gasteiger partial charge in [0.25, 0.3) is 11.5 Å². The Labute approximate surface area is 188 Å². The molecule has 2 aromatic carbocycles. The lowest BCUT2D eigenvalue weighted by Gasteiger charge is -2.31. The maximum Gasteiger partial charge on any atom is 0.258 e. The lowest BCUT2D eigenvalue weighted by atomic mass is 9.87. The first-order valence-electron chi connectivity index (χ1n) is 11.1. The van der Waals surface area contributed by atoms with Gasteiger partial charge in [0.15, 0.2) is 0 Å². The zero-order valence-corrected chi connectivity index (χ0v) is 18.6. The molecule has 1 amide bonds. The zero-order valence-electron chi connectivity index (χ0n) is 18.6. The quantitative estimate of drug-likeness (QED) is 0.576. The van der Waals surface area contributed by atoms with Crippen molar-refractivity contribution in [3.8, 4) is 6.07 Å². The molecular formula is C26H28N4O2. The average Bonchev–Trinajstić information content (AvgIpc) is 2.83. The van der Waals surface area contributed by atoms with E-state index >= 15 is 0 Å². The highest BCUT2D eigenvalue weighted by molar-refractivity contribution is 6.06. The summed E-state index contributed by atoms with van der Waals surface area (Å²) in [4.78, 5) is 29.7. The maximum absolute atomic E-state index is 13.0. The van der Waals surface area contributed by atoms with Crippen molar-refractivity contribution in [1.82, 2.24) is 9.47 Å². The first-order chi connectivity index (χ1) is 15.5. The van der Waals surface area contributed by atoms with E-state index in [0.717, 1.165) is 48.1 Å². The van der Waals surface area contributed by atoms with Gasteiger partial charge in [0.2, 0.25) is 0 Å². The van der Waals surface area contributed by atoms with Crippen molar-refractivity contribution in [2.24, 2.45) is 0 Å². The van der Waals surface area contributed by atoms with Crippen LogP contribution in [0.1, 0.15) is 41.6 Å². The van der Waals surface area contributed by atoms with E-state index in [1.165, 1.54) is 0 Å². The summed E-state index contributed by atoms with van der Waals surface area (Å²) < 4.78 is 1.78. The number of rotatable bonds is 5. The molecule has 0 unspecified atom stereocenters. The number of pyridine rings is 1. The van der Waals surface area contributed by atoms with Crippen molar-refractivity contribution in [1.29, 1.82) is 5.26 Å². The minimum Gasteiger partial charge on any atom is -0.311 e. The van der Waals surface area contributed by atoms with E-state index in [2.05, 4.69) is 11.0 Å². The predicted octanol–water partition coefficient (Wildman–Crippen LogP) is 4.00. The number of hydrogen-bond acceptors (Lipinski definition) is 4. The van der Waals surface area contributed by atoms with Gasteiger partial charge >= 0.3 is 0 Å². The Morgan fingerprint density at radius 1 is 1.12 bits per heavy atom. The molecule has 164 valence electrons. The minimum absolute atomic E-state index is 0.0101. The van der Waals surface area contributed by atoms with Gasteiger partial charge in [-0.3, -0.25) is 14.5 Å². The lowest BCUT2D eigenvalue weighted by molar-refractivity contribution is 0.0993. The van der Waals surface area contributed by atoms with Crippen molar-refractivity contribution in [3.05, 3.63) is 76.1 Å². The number of fused-ring (bicyclic) bond motifs is 1. The minimum atomic E-state index is -0.0693. The van der Waals surface area contributed by atoms with Crippen LogP contribution < -0.4 is 10.5 Å². The Hall–Kier alpha value is -3.43. The Kier molecular flexibility index (Phi) is 6.38. The molecule has 3 aromatic rings. The van der Waals surface area contributed by atoms with Crippen LogP contribution in [0.2, 0.25) is 0 Å². The molecule has 4 rings (SSSR count). The van der Waals surface area contributed by atoms with Crippen LogP contribution in [-0.2, 0) is 6.54 Å². The summed E-state index contributed by atoms with van der Waals surface area (Å²) in [6.07, 6.45) is 1.82. The van der Waals surface area contributed by atoms with Gasteiger partial charge in [0, 0.05) is 36.3 Å². The lowest BCUT2D eigenvalue weighted by Crippen LogP contribution is -2.33. The number of carbonyl (C=O) groups excluding carboxylic acids is 1. The van der Waals surface area contributed by atoms with E-state index in [1.54, 1.807) is 22.6 Å². The number of nitrogens with zero attached hydrogens (tertiary/aromatic N) is 4. The summed E-state index contributed by atoms with van der Waals surface area (Å²) in [7, 11) is 1.78. The normalized spacial score (nSPS) is 14.9. The van der Waals surface area contributed by atoms with Crippen molar-refractivity contribution < 1.29 is 4.79 Å².